The monoisotopic (exact) mass is 415 g/mol. The highest BCUT2D eigenvalue weighted by atomic mass is 16.2. The minimum Gasteiger partial charge on any atom is -0.337 e. The molecule has 1 atom stereocenters. The molecule has 8 nitrogen and oxygen atoms in total. The molecule has 0 unspecified atom stereocenters. The van der Waals surface area contributed by atoms with Gasteiger partial charge in [-0.05, 0) is 51.0 Å². The van der Waals surface area contributed by atoms with Crippen molar-refractivity contribution in [3.63, 3.8) is 0 Å². The first kappa shape index (κ1) is 19.3. The molecule has 0 aliphatic carbocycles. The number of hydrogen-bond acceptors (Lipinski definition) is 5. The Labute approximate surface area is 180 Å². The topological polar surface area (TPSA) is 103 Å². The molecule has 1 aromatic carbocycles. The average molecular weight is 416 g/mol. The van der Waals surface area contributed by atoms with Gasteiger partial charge in [0.1, 0.15) is 5.82 Å². The second-order valence-electron chi connectivity index (χ2n) is 8.22. The van der Waals surface area contributed by atoms with E-state index in [0.717, 1.165) is 58.9 Å². The molecule has 1 saturated heterocycles. The largest absolute Gasteiger partial charge is 0.337 e. The highest BCUT2D eigenvalue weighted by Crippen LogP contribution is 2.29. The molecule has 1 amide bonds. The SMILES string of the molecule is Cc1ccc2[nH]nc(C(=O)N3CCC[C@@H](c4cccc(Nc5cc(C)[nH]n5)n4)C3)c2c1. The predicted molar refractivity (Wildman–Crippen MR) is 120 cm³/mol. The summed E-state index contributed by atoms with van der Waals surface area (Å²) in [5, 5.41) is 18.6. The van der Waals surface area contributed by atoms with Crippen molar-refractivity contribution in [1.82, 2.24) is 30.3 Å². The number of amides is 1. The van der Waals surface area contributed by atoms with Crippen LogP contribution in [0, 0.1) is 13.8 Å². The molecule has 1 fully saturated rings. The molecule has 0 spiro atoms. The van der Waals surface area contributed by atoms with Gasteiger partial charge in [0, 0.05) is 41.8 Å². The Morgan fingerprint density at radius 1 is 1.10 bits per heavy atom. The number of nitrogens with zero attached hydrogens (tertiary/aromatic N) is 4. The van der Waals surface area contributed by atoms with Gasteiger partial charge in [0.2, 0.25) is 0 Å². The number of nitrogens with one attached hydrogen (secondary N) is 3. The fourth-order valence-corrected chi connectivity index (χ4v) is 4.21. The number of pyridine rings is 1. The Morgan fingerprint density at radius 3 is 2.84 bits per heavy atom. The number of carbonyl (C=O) groups is 1. The molecule has 8 heteroatoms. The van der Waals surface area contributed by atoms with E-state index in [-0.39, 0.29) is 11.8 Å². The van der Waals surface area contributed by atoms with E-state index in [2.05, 4.69) is 25.7 Å². The zero-order valence-electron chi connectivity index (χ0n) is 17.6. The molecule has 1 aliphatic heterocycles. The Kier molecular flexibility index (Phi) is 4.89. The number of aromatic amines is 2. The minimum absolute atomic E-state index is 0.0252. The Balaban J connectivity index is 1.35. The van der Waals surface area contributed by atoms with Gasteiger partial charge in [0.15, 0.2) is 11.5 Å². The number of fused-ring (bicyclic) bond motifs is 1. The van der Waals surface area contributed by atoms with Crippen LogP contribution in [0.3, 0.4) is 0 Å². The first-order chi connectivity index (χ1) is 15.1. The second-order valence-corrected chi connectivity index (χ2v) is 8.22. The number of anilines is 2. The van der Waals surface area contributed by atoms with Gasteiger partial charge in [0.05, 0.1) is 5.52 Å². The number of aromatic nitrogens is 5. The first-order valence-electron chi connectivity index (χ1n) is 10.6. The number of piperidine rings is 1. The van der Waals surface area contributed by atoms with E-state index in [9.17, 15) is 4.79 Å². The second kappa shape index (κ2) is 7.86. The molecular weight excluding hydrogens is 390 g/mol. The van der Waals surface area contributed by atoms with Crippen LogP contribution in [0.5, 0.6) is 0 Å². The van der Waals surface area contributed by atoms with Crippen LogP contribution >= 0.6 is 0 Å². The molecule has 3 N–H and O–H groups in total. The van der Waals surface area contributed by atoms with Gasteiger partial charge in [-0.1, -0.05) is 17.7 Å². The lowest BCUT2D eigenvalue weighted by atomic mass is 9.94. The minimum atomic E-state index is -0.0252. The Bertz CT molecular complexity index is 1240. The molecule has 31 heavy (non-hydrogen) atoms. The summed E-state index contributed by atoms with van der Waals surface area (Å²) in [5.74, 6) is 1.65. The molecule has 0 bridgehead atoms. The first-order valence-corrected chi connectivity index (χ1v) is 10.6. The summed E-state index contributed by atoms with van der Waals surface area (Å²) < 4.78 is 0. The van der Waals surface area contributed by atoms with Crippen molar-refractivity contribution >= 4 is 28.4 Å². The smallest absolute Gasteiger partial charge is 0.275 e. The van der Waals surface area contributed by atoms with Crippen molar-refractivity contribution < 1.29 is 4.79 Å². The van der Waals surface area contributed by atoms with E-state index in [1.807, 2.05) is 61.2 Å². The maximum atomic E-state index is 13.3. The van der Waals surface area contributed by atoms with Crippen molar-refractivity contribution in [2.24, 2.45) is 0 Å². The summed E-state index contributed by atoms with van der Waals surface area (Å²) in [5.41, 5.74) is 4.46. The van der Waals surface area contributed by atoms with Gasteiger partial charge >= 0.3 is 0 Å². The third-order valence-corrected chi connectivity index (χ3v) is 5.78. The van der Waals surface area contributed by atoms with Crippen molar-refractivity contribution in [2.45, 2.75) is 32.6 Å². The zero-order valence-corrected chi connectivity index (χ0v) is 17.6. The molecule has 158 valence electrons. The third-order valence-electron chi connectivity index (χ3n) is 5.78. The van der Waals surface area contributed by atoms with Crippen LogP contribution in [0.4, 0.5) is 11.6 Å². The number of carbonyl (C=O) groups excluding carboxylic acids is 1. The van der Waals surface area contributed by atoms with Crippen molar-refractivity contribution in [3.05, 3.63) is 65.1 Å². The fraction of sp³-hybridized carbons (Fsp3) is 0.304. The molecule has 4 heterocycles. The summed E-state index contributed by atoms with van der Waals surface area (Å²) in [6, 6.07) is 13.9. The zero-order chi connectivity index (χ0) is 21.4. The molecule has 0 radical (unpaired) electrons. The van der Waals surface area contributed by atoms with Crippen molar-refractivity contribution in [3.8, 4) is 0 Å². The standard InChI is InChI=1S/C23H25N7O/c1-14-8-9-19-17(11-14)22(29-27-19)23(31)30-10-4-5-16(13-30)18-6-3-7-20(24-18)25-21-12-15(2)26-28-21/h3,6-9,11-12,16H,4-5,10,13H2,1-2H3,(H,27,29)(H2,24,25,26,28)/t16-/m1/s1. The Hall–Kier alpha value is -3.68. The van der Waals surface area contributed by atoms with Gasteiger partial charge in [-0.15, -0.1) is 0 Å². The number of benzene rings is 1. The molecule has 5 rings (SSSR count). The molecule has 4 aromatic rings. The maximum Gasteiger partial charge on any atom is 0.275 e. The van der Waals surface area contributed by atoms with Crippen LogP contribution in [0.2, 0.25) is 0 Å². The van der Waals surface area contributed by atoms with Crippen LogP contribution in [-0.2, 0) is 0 Å². The van der Waals surface area contributed by atoms with E-state index >= 15 is 0 Å². The van der Waals surface area contributed by atoms with E-state index in [1.54, 1.807) is 0 Å². The summed E-state index contributed by atoms with van der Waals surface area (Å²) in [6.07, 6.45) is 1.94. The molecular formula is C23H25N7O. The van der Waals surface area contributed by atoms with Crippen LogP contribution in [0.15, 0.2) is 42.5 Å². The lowest BCUT2D eigenvalue weighted by Crippen LogP contribution is -2.39. The molecule has 0 saturated carbocycles. The third kappa shape index (κ3) is 3.88. The Morgan fingerprint density at radius 2 is 2.00 bits per heavy atom. The summed E-state index contributed by atoms with van der Waals surface area (Å²) in [7, 11) is 0. The number of aryl methyl sites for hydroxylation is 2. The highest BCUT2D eigenvalue weighted by molar-refractivity contribution is 6.04. The van der Waals surface area contributed by atoms with Crippen molar-refractivity contribution in [1.29, 1.82) is 0 Å². The number of likely N-dealkylation sites (tertiary alicyclic amines) is 1. The van der Waals surface area contributed by atoms with E-state index in [4.69, 9.17) is 4.98 Å². The molecule has 1 aliphatic rings. The number of rotatable bonds is 4. The number of H-pyrrole nitrogens is 2. The van der Waals surface area contributed by atoms with Crippen LogP contribution < -0.4 is 5.32 Å². The lowest BCUT2D eigenvalue weighted by Gasteiger charge is -2.32. The van der Waals surface area contributed by atoms with Gasteiger partial charge < -0.3 is 10.2 Å². The average Bonchev–Trinajstić information content (AvgIpc) is 3.39. The van der Waals surface area contributed by atoms with Crippen LogP contribution in [0.1, 0.15) is 46.2 Å². The van der Waals surface area contributed by atoms with Crippen LogP contribution in [0.25, 0.3) is 10.9 Å². The summed E-state index contributed by atoms with van der Waals surface area (Å²) >= 11 is 0. The van der Waals surface area contributed by atoms with Gasteiger partial charge in [-0.2, -0.15) is 10.2 Å². The lowest BCUT2D eigenvalue weighted by molar-refractivity contribution is 0.0702. The van der Waals surface area contributed by atoms with E-state index in [0.29, 0.717) is 12.2 Å². The predicted octanol–water partition coefficient (Wildman–Crippen LogP) is 4.06. The van der Waals surface area contributed by atoms with Crippen molar-refractivity contribution in [2.75, 3.05) is 18.4 Å². The highest BCUT2D eigenvalue weighted by Gasteiger charge is 2.28. The fourth-order valence-electron chi connectivity index (χ4n) is 4.21. The summed E-state index contributed by atoms with van der Waals surface area (Å²) in [6.45, 7) is 5.35. The maximum absolute atomic E-state index is 13.3. The molecule has 3 aromatic heterocycles. The quantitative estimate of drug-likeness (QED) is 0.466. The van der Waals surface area contributed by atoms with Gasteiger partial charge in [-0.25, -0.2) is 4.98 Å². The van der Waals surface area contributed by atoms with E-state index in [1.165, 1.54) is 0 Å². The van der Waals surface area contributed by atoms with Crippen LogP contribution in [-0.4, -0.2) is 49.3 Å². The normalized spacial score (nSPS) is 16.6. The van der Waals surface area contributed by atoms with Gasteiger partial charge in [0.25, 0.3) is 5.91 Å². The number of hydrogen-bond donors (Lipinski definition) is 3. The van der Waals surface area contributed by atoms with E-state index < -0.39 is 0 Å². The van der Waals surface area contributed by atoms with Gasteiger partial charge in [-0.3, -0.25) is 15.0 Å². The summed E-state index contributed by atoms with van der Waals surface area (Å²) in [4.78, 5) is 20.0.